The van der Waals surface area contributed by atoms with Gasteiger partial charge in [0.05, 0.1) is 108 Å². The zero-order valence-corrected chi connectivity index (χ0v) is 58.5. The van der Waals surface area contributed by atoms with Gasteiger partial charge in [0.2, 0.25) is 29.5 Å². The smallest absolute Gasteiger partial charge is 0.274 e. The third kappa shape index (κ3) is 29.0. The molecule has 3 aliphatic rings. The van der Waals surface area contributed by atoms with Crippen molar-refractivity contribution >= 4 is 58.5 Å². The van der Waals surface area contributed by atoms with E-state index in [9.17, 15) is 33.2 Å². The molecule has 0 radical (unpaired) electrons. The molecule has 0 bridgehead atoms. The van der Waals surface area contributed by atoms with Gasteiger partial charge in [-0.05, 0) is 69.6 Å². The van der Waals surface area contributed by atoms with Crippen LogP contribution in [0.5, 0.6) is 0 Å². The van der Waals surface area contributed by atoms with E-state index in [4.69, 9.17) is 50.0 Å². The fraction of sp³-hybridized carbons (Fsp3) is 0.771. The number of carbonyl (C=O) groups excluding carboxylic acids is 6. The summed E-state index contributed by atoms with van der Waals surface area (Å²) >= 11 is 6.00. The molecular weight excluding hydrogens is 1210 g/mol. The Bertz CT molecular complexity index is 2560. The zero-order chi connectivity index (χ0) is 67.3. The van der Waals surface area contributed by atoms with Crippen LogP contribution in [0, 0.1) is 11.2 Å². The van der Waals surface area contributed by atoms with E-state index in [1.807, 2.05) is 30.7 Å². The van der Waals surface area contributed by atoms with Crippen molar-refractivity contribution in [3.05, 3.63) is 46.6 Å². The Kier molecular flexibility index (Phi) is 36.5. The molecule has 93 heavy (non-hydrogen) atoms. The summed E-state index contributed by atoms with van der Waals surface area (Å²) in [6.45, 7) is 18.4. The quantitative estimate of drug-likeness (QED) is 0.0588. The van der Waals surface area contributed by atoms with Crippen LogP contribution in [-0.2, 0) is 57.8 Å². The summed E-state index contributed by atoms with van der Waals surface area (Å²) in [5, 5.41) is 5.74. The number of fused-ring (bicyclic) bond motifs is 2. The Hall–Kier alpha value is -5.10. The minimum atomic E-state index is -0.638. The predicted octanol–water partition coefficient (Wildman–Crippen LogP) is 10.4. The van der Waals surface area contributed by atoms with Crippen molar-refractivity contribution < 1.29 is 61.6 Å². The molecule has 2 N–H and O–H groups in total. The molecule has 1 saturated carbocycles. The molecule has 1 aliphatic carbocycles. The van der Waals surface area contributed by atoms with Gasteiger partial charge in [0.1, 0.15) is 11.5 Å². The molecule has 1 saturated heterocycles. The number of halogens is 2. The Morgan fingerprint density at radius 2 is 1.05 bits per heavy atom. The maximum atomic E-state index is 14.6. The van der Waals surface area contributed by atoms with Crippen molar-refractivity contribution in [3.63, 3.8) is 0 Å². The first-order valence-electron chi connectivity index (χ1n) is 34.9. The largest absolute Gasteiger partial charge is 0.379 e. The van der Waals surface area contributed by atoms with E-state index in [0.717, 1.165) is 57.1 Å². The van der Waals surface area contributed by atoms with Crippen LogP contribution in [-0.4, -0.2) is 216 Å². The molecule has 6 amide bonds. The normalized spacial score (nSPS) is 15.3. The first kappa shape index (κ1) is 78.6. The lowest BCUT2D eigenvalue weighted by Gasteiger charge is -2.51. The zero-order valence-electron chi connectivity index (χ0n) is 57.7. The Labute approximate surface area is 560 Å². The molecule has 2 fully saturated rings. The molecule has 21 nitrogen and oxygen atoms in total. The van der Waals surface area contributed by atoms with Crippen LogP contribution in [0.25, 0.3) is 0 Å². The summed E-state index contributed by atoms with van der Waals surface area (Å²) in [5.74, 6) is -0.0984. The molecule has 526 valence electrons. The van der Waals surface area contributed by atoms with Gasteiger partial charge < -0.3 is 63.6 Å². The number of hydrogen-bond acceptors (Lipinski definition) is 15. The molecule has 1 spiro atoms. The molecule has 2 aromatic rings. The first-order valence-corrected chi connectivity index (χ1v) is 35.3. The fourth-order valence-corrected chi connectivity index (χ4v) is 12.8. The minimum Gasteiger partial charge on any atom is -0.379 e. The number of hydrogen-bond donors (Lipinski definition) is 2. The van der Waals surface area contributed by atoms with E-state index in [0.29, 0.717) is 156 Å². The maximum absolute atomic E-state index is 14.6. The van der Waals surface area contributed by atoms with E-state index in [1.54, 1.807) is 33.9 Å². The number of ether oxygens (including phenoxy) is 6. The topological polar surface area (TPSA) is 224 Å². The van der Waals surface area contributed by atoms with Crippen LogP contribution < -0.4 is 15.5 Å². The number of rotatable bonds is 50. The summed E-state index contributed by atoms with van der Waals surface area (Å²) in [6.07, 6.45) is 24.8. The summed E-state index contributed by atoms with van der Waals surface area (Å²) in [5.41, 5.74) is 0.845. The number of likely N-dealkylation sites (N-methyl/N-ethyl adjacent to an activating group) is 2. The van der Waals surface area contributed by atoms with Gasteiger partial charge in [-0.1, -0.05) is 122 Å². The number of nitrogens with one attached hydrogen (secondary N) is 2. The van der Waals surface area contributed by atoms with Gasteiger partial charge in [-0.25, -0.2) is 14.4 Å². The number of nitrogens with zero attached hydrogens (tertiary/aromatic N) is 7. The summed E-state index contributed by atoms with van der Waals surface area (Å²) in [7, 11) is 3.57. The van der Waals surface area contributed by atoms with Crippen molar-refractivity contribution in [1.29, 1.82) is 0 Å². The van der Waals surface area contributed by atoms with E-state index in [1.165, 1.54) is 82.9 Å². The molecule has 5 rings (SSSR count). The third-order valence-electron chi connectivity index (χ3n) is 17.8. The molecule has 3 heterocycles. The average molecular weight is 1330 g/mol. The van der Waals surface area contributed by atoms with Gasteiger partial charge in [-0.2, -0.15) is 0 Å². The highest BCUT2D eigenvalue weighted by atomic mass is 35.5. The van der Waals surface area contributed by atoms with Gasteiger partial charge in [0, 0.05) is 103 Å². The lowest BCUT2D eigenvalue weighted by molar-refractivity contribution is -0.135. The molecular formula is C70H115ClFN9O12. The SMILES string of the molecule is CCCCCCCCCCCCCCCC(=O)N(C)CCN(C)C(=O)CCOCCOCCOCCNC(=O)CCOCCOCCOCCNC(=O)CCCCCCC(=O)N1CCN(C(=O)c2cnc3c(n2)C2(CN3c3ccc(Cl)c(F)c3)CC(C)(C)C2)C(C)(C)C1. The third-order valence-corrected chi connectivity index (χ3v) is 18.1. The monoisotopic (exact) mass is 1330 g/mol. The number of aromatic nitrogens is 2. The second-order valence-corrected chi connectivity index (χ2v) is 27.3. The number of anilines is 2. The van der Waals surface area contributed by atoms with Gasteiger partial charge in [0.15, 0.2) is 5.82 Å². The molecule has 1 aromatic heterocycles. The molecule has 0 atom stereocenters. The Balaban J connectivity index is 0.743. The van der Waals surface area contributed by atoms with Gasteiger partial charge in [0.25, 0.3) is 5.91 Å². The van der Waals surface area contributed by atoms with Crippen LogP contribution in [0.15, 0.2) is 24.4 Å². The van der Waals surface area contributed by atoms with E-state index in [2.05, 4.69) is 31.4 Å². The van der Waals surface area contributed by atoms with Crippen LogP contribution in [0.3, 0.4) is 0 Å². The molecule has 1 aromatic carbocycles. The van der Waals surface area contributed by atoms with Crippen molar-refractivity contribution in [2.75, 3.05) is 151 Å². The number of amides is 6. The van der Waals surface area contributed by atoms with Crippen molar-refractivity contribution in [1.82, 2.24) is 40.2 Å². The molecule has 23 heteroatoms. The first-order chi connectivity index (χ1) is 44.8. The van der Waals surface area contributed by atoms with E-state index < -0.39 is 11.4 Å². The van der Waals surface area contributed by atoms with Gasteiger partial charge >= 0.3 is 0 Å². The lowest BCUT2D eigenvalue weighted by atomic mass is 9.54. The van der Waals surface area contributed by atoms with Crippen LogP contribution in [0.2, 0.25) is 5.02 Å². The lowest BCUT2D eigenvalue weighted by Crippen LogP contribution is -2.62. The highest BCUT2D eigenvalue weighted by Gasteiger charge is 2.57. The second-order valence-electron chi connectivity index (χ2n) is 26.9. The number of carbonyl (C=O) groups is 6. The standard InChI is InChI=1S/C70H115ClFN9O12/c1-8-9-10-11-12-13-14-15-16-17-18-19-23-26-62(84)77(6)34-35-78(7)63(85)31-39-89-43-47-93-49-45-91-41-33-74-61(83)30-38-88-42-46-92-48-44-90-40-32-73-60(82)25-22-20-21-24-27-64(86)79-36-37-81(69(4,5)54-79)67(87)59-51-75-66-65(76-59)70(52-68(2,3)53-70)55-80(66)56-28-29-57(71)58(72)50-56/h28-29,50-51H,8-27,30-49,52-55H2,1-7H3,(H,73,82)(H,74,83). The van der Waals surface area contributed by atoms with Crippen LogP contribution in [0.4, 0.5) is 15.9 Å². The average Bonchev–Trinajstić information content (AvgIpc) is 1.57. The molecule has 0 unspecified atom stereocenters. The van der Waals surface area contributed by atoms with Crippen molar-refractivity contribution in [2.24, 2.45) is 5.41 Å². The van der Waals surface area contributed by atoms with Crippen molar-refractivity contribution in [3.8, 4) is 0 Å². The summed E-state index contributed by atoms with van der Waals surface area (Å²) in [4.78, 5) is 96.0. The Morgan fingerprint density at radius 3 is 1.58 bits per heavy atom. The number of unbranched alkanes of at least 4 members (excludes halogenated alkanes) is 15. The van der Waals surface area contributed by atoms with Crippen molar-refractivity contribution in [2.45, 2.75) is 200 Å². The second kappa shape index (κ2) is 43.2. The van der Waals surface area contributed by atoms with E-state index in [-0.39, 0.29) is 76.4 Å². The minimum absolute atomic E-state index is 0.0246. The van der Waals surface area contributed by atoms with Gasteiger partial charge in [-0.15, -0.1) is 0 Å². The predicted molar refractivity (Wildman–Crippen MR) is 360 cm³/mol. The number of benzene rings is 1. The number of piperazine rings is 1. The maximum Gasteiger partial charge on any atom is 0.274 e. The highest BCUT2D eigenvalue weighted by molar-refractivity contribution is 6.30. The highest BCUT2D eigenvalue weighted by Crippen LogP contribution is 2.60. The summed E-state index contributed by atoms with van der Waals surface area (Å²) < 4.78 is 47.8. The molecule has 2 aliphatic heterocycles. The Morgan fingerprint density at radius 1 is 0.581 bits per heavy atom. The van der Waals surface area contributed by atoms with Crippen LogP contribution >= 0.6 is 11.6 Å². The van der Waals surface area contributed by atoms with Gasteiger partial charge in [-0.3, -0.25) is 28.8 Å². The van der Waals surface area contributed by atoms with E-state index >= 15 is 0 Å². The summed E-state index contributed by atoms with van der Waals surface area (Å²) in [6, 6.07) is 4.74. The van der Waals surface area contributed by atoms with Crippen LogP contribution in [0.1, 0.15) is 205 Å². The fourth-order valence-electron chi connectivity index (χ4n) is 12.7.